The van der Waals surface area contributed by atoms with Crippen LogP contribution < -0.4 is 4.74 Å². The average Bonchev–Trinajstić information content (AvgIpc) is 2.46. The predicted octanol–water partition coefficient (Wildman–Crippen LogP) is 3.56. The molecule has 0 bridgehead atoms. The van der Waals surface area contributed by atoms with Crippen molar-refractivity contribution in [3.8, 4) is 23.8 Å². The molecule has 0 saturated carbocycles. The maximum absolute atomic E-state index is 9.30. The number of rotatable bonds is 4. The molecule has 0 radical (unpaired) electrons. The van der Waals surface area contributed by atoms with Crippen LogP contribution in [0.15, 0.2) is 48.5 Å². The molecule has 0 aromatic heterocycles. The lowest BCUT2D eigenvalue weighted by Crippen LogP contribution is -1.97. The summed E-state index contributed by atoms with van der Waals surface area (Å²) in [6.07, 6.45) is 5.15. The number of phenolic OH excluding ortho intramolecular Hbond substituents is 1. The highest BCUT2D eigenvalue weighted by atomic mass is 16.5. The maximum Gasteiger partial charge on any atom is 0.148 e. The molecule has 0 spiro atoms. The zero-order chi connectivity index (χ0) is 13.7. The molecule has 1 atom stereocenters. The largest absolute Gasteiger partial charge is 0.508 e. The fourth-order valence-electron chi connectivity index (χ4n) is 1.93. The van der Waals surface area contributed by atoms with Crippen LogP contribution in [-0.2, 0) is 0 Å². The van der Waals surface area contributed by atoms with Crippen LogP contribution in [0.3, 0.4) is 0 Å². The fraction of sp³-hybridized carbons (Fsp3) is 0.176. The Morgan fingerprint density at radius 1 is 1.05 bits per heavy atom. The molecular formula is C17H16O2. The van der Waals surface area contributed by atoms with E-state index < -0.39 is 0 Å². The van der Waals surface area contributed by atoms with Crippen LogP contribution in [0.25, 0.3) is 0 Å². The Morgan fingerprint density at radius 3 is 2.11 bits per heavy atom. The molecule has 0 saturated heterocycles. The van der Waals surface area contributed by atoms with Gasteiger partial charge in [-0.25, -0.2) is 0 Å². The third kappa shape index (κ3) is 3.29. The zero-order valence-electron chi connectivity index (χ0n) is 10.8. The Kier molecular flexibility index (Phi) is 4.10. The van der Waals surface area contributed by atoms with Crippen LogP contribution in [0.5, 0.6) is 11.5 Å². The third-order valence-electron chi connectivity index (χ3n) is 3.10. The highest BCUT2D eigenvalue weighted by Crippen LogP contribution is 2.26. The Bertz CT molecular complexity index is 562. The first-order valence-electron chi connectivity index (χ1n) is 6.16. The Balaban J connectivity index is 2.13. The lowest BCUT2D eigenvalue weighted by Gasteiger charge is -2.13. The molecule has 2 nitrogen and oxygen atoms in total. The molecule has 0 aliphatic carbocycles. The van der Waals surface area contributed by atoms with Crippen molar-refractivity contribution in [3.05, 3.63) is 59.7 Å². The fourth-order valence-corrected chi connectivity index (χ4v) is 1.93. The minimum Gasteiger partial charge on any atom is -0.508 e. The van der Waals surface area contributed by atoms with E-state index in [0.717, 1.165) is 11.3 Å². The van der Waals surface area contributed by atoms with E-state index in [4.69, 9.17) is 11.2 Å². The Labute approximate surface area is 113 Å². The van der Waals surface area contributed by atoms with Crippen molar-refractivity contribution in [2.24, 2.45) is 0 Å². The van der Waals surface area contributed by atoms with Crippen LogP contribution >= 0.6 is 0 Å². The summed E-state index contributed by atoms with van der Waals surface area (Å²) in [5, 5.41) is 9.30. The number of ether oxygens (including phenoxy) is 1. The van der Waals surface area contributed by atoms with Gasteiger partial charge in [0.15, 0.2) is 0 Å². The molecule has 0 amide bonds. The normalized spacial score (nSPS) is 11.6. The molecule has 1 N–H and O–H groups in total. The van der Waals surface area contributed by atoms with Crippen molar-refractivity contribution in [3.63, 3.8) is 0 Å². The number of hydrogen-bond donors (Lipinski definition) is 1. The number of aromatic hydroxyl groups is 1. The van der Waals surface area contributed by atoms with Gasteiger partial charge in [0.2, 0.25) is 0 Å². The van der Waals surface area contributed by atoms with Gasteiger partial charge in [-0.2, -0.15) is 0 Å². The van der Waals surface area contributed by atoms with Crippen LogP contribution in [0.4, 0.5) is 0 Å². The monoisotopic (exact) mass is 252 g/mol. The van der Waals surface area contributed by atoms with Gasteiger partial charge >= 0.3 is 0 Å². The van der Waals surface area contributed by atoms with E-state index in [0.29, 0.717) is 0 Å². The van der Waals surface area contributed by atoms with E-state index in [9.17, 15) is 5.11 Å². The molecular weight excluding hydrogens is 236 g/mol. The minimum atomic E-state index is 0.266. The standard InChI is InChI=1S/C17H16O2/c1-3-12-19-17-10-6-15(7-11-17)13(2)14-4-8-16(18)9-5-14/h1,4-11,13,18H,12H2,2H3. The molecule has 2 heteroatoms. The molecule has 2 aromatic carbocycles. The lowest BCUT2D eigenvalue weighted by molar-refractivity contribution is 0.370. The number of benzene rings is 2. The smallest absolute Gasteiger partial charge is 0.148 e. The third-order valence-corrected chi connectivity index (χ3v) is 3.10. The van der Waals surface area contributed by atoms with Gasteiger partial charge in [-0.1, -0.05) is 37.1 Å². The minimum absolute atomic E-state index is 0.266. The van der Waals surface area contributed by atoms with E-state index in [1.165, 1.54) is 5.56 Å². The van der Waals surface area contributed by atoms with E-state index in [1.54, 1.807) is 12.1 Å². The number of phenols is 1. The van der Waals surface area contributed by atoms with Crippen LogP contribution in [-0.4, -0.2) is 11.7 Å². The summed E-state index contributed by atoms with van der Waals surface area (Å²) in [5.41, 5.74) is 2.36. The summed E-state index contributed by atoms with van der Waals surface area (Å²) in [5.74, 6) is 3.77. The van der Waals surface area contributed by atoms with Gasteiger partial charge in [-0.05, 0) is 35.4 Å². The molecule has 0 heterocycles. The van der Waals surface area contributed by atoms with Gasteiger partial charge in [0, 0.05) is 5.92 Å². The van der Waals surface area contributed by atoms with Gasteiger partial charge in [-0.3, -0.25) is 0 Å². The van der Waals surface area contributed by atoms with E-state index in [-0.39, 0.29) is 18.3 Å². The van der Waals surface area contributed by atoms with Crippen molar-refractivity contribution in [1.29, 1.82) is 0 Å². The van der Waals surface area contributed by atoms with E-state index in [1.807, 2.05) is 36.4 Å². The molecule has 96 valence electrons. The second-order valence-corrected chi connectivity index (χ2v) is 4.38. The van der Waals surface area contributed by atoms with Crippen molar-refractivity contribution in [1.82, 2.24) is 0 Å². The van der Waals surface area contributed by atoms with Crippen LogP contribution in [0.1, 0.15) is 24.0 Å². The quantitative estimate of drug-likeness (QED) is 0.843. The Morgan fingerprint density at radius 2 is 1.58 bits per heavy atom. The van der Waals surface area contributed by atoms with Gasteiger partial charge in [0.1, 0.15) is 18.1 Å². The summed E-state index contributed by atoms with van der Waals surface area (Å²) in [6.45, 7) is 2.41. The zero-order valence-corrected chi connectivity index (χ0v) is 10.8. The molecule has 2 aromatic rings. The van der Waals surface area contributed by atoms with Gasteiger partial charge < -0.3 is 9.84 Å². The molecule has 1 unspecified atom stereocenters. The summed E-state index contributed by atoms with van der Waals surface area (Å²) in [6, 6.07) is 15.2. The van der Waals surface area contributed by atoms with Gasteiger partial charge in [0.05, 0.1) is 0 Å². The summed E-state index contributed by atoms with van der Waals surface area (Å²) in [7, 11) is 0. The first-order valence-corrected chi connectivity index (χ1v) is 6.16. The molecule has 0 fully saturated rings. The highest BCUT2D eigenvalue weighted by Gasteiger charge is 2.08. The topological polar surface area (TPSA) is 29.5 Å². The molecule has 0 aliphatic rings. The summed E-state index contributed by atoms with van der Waals surface area (Å²) in [4.78, 5) is 0. The molecule has 0 aliphatic heterocycles. The number of terminal acetylenes is 1. The summed E-state index contributed by atoms with van der Waals surface area (Å²) >= 11 is 0. The van der Waals surface area contributed by atoms with Crippen LogP contribution in [0, 0.1) is 12.3 Å². The van der Waals surface area contributed by atoms with Crippen molar-refractivity contribution in [2.75, 3.05) is 6.61 Å². The first kappa shape index (κ1) is 13.0. The Hall–Kier alpha value is -2.40. The summed E-state index contributed by atoms with van der Waals surface area (Å²) < 4.78 is 5.34. The van der Waals surface area contributed by atoms with E-state index in [2.05, 4.69) is 12.8 Å². The number of hydrogen-bond acceptors (Lipinski definition) is 2. The van der Waals surface area contributed by atoms with Crippen molar-refractivity contribution < 1.29 is 9.84 Å². The van der Waals surface area contributed by atoms with Crippen LogP contribution in [0.2, 0.25) is 0 Å². The second kappa shape index (κ2) is 5.97. The maximum atomic E-state index is 9.30. The molecule has 2 rings (SSSR count). The average molecular weight is 252 g/mol. The highest BCUT2D eigenvalue weighted by molar-refractivity contribution is 5.37. The SMILES string of the molecule is C#CCOc1ccc(C(C)c2ccc(O)cc2)cc1. The van der Waals surface area contributed by atoms with Gasteiger partial charge in [-0.15, -0.1) is 6.42 Å². The first-order chi connectivity index (χ1) is 9.20. The van der Waals surface area contributed by atoms with E-state index >= 15 is 0 Å². The lowest BCUT2D eigenvalue weighted by atomic mass is 9.93. The van der Waals surface area contributed by atoms with Crippen molar-refractivity contribution >= 4 is 0 Å². The van der Waals surface area contributed by atoms with Gasteiger partial charge in [0.25, 0.3) is 0 Å². The molecule has 19 heavy (non-hydrogen) atoms. The second-order valence-electron chi connectivity index (χ2n) is 4.38. The predicted molar refractivity (Wildman–Crippen MR) is 76.4 cm³/mol. The van der Waals surface area contributed by atoms with Crippen molar-refractivity contribution in [2.45, 2.75) is 12.8 Å².